The SMILES string of the molecule is CC(C)C(C(=O)NCC(=O)N(C)C)C(N)=S. The molecule has 0 spiro atoms. The zero-order chi connectivity index (χ0) is 12.9. The van der Waals surface area contributed by atoms with Crippen LogP contribution >= 0.6 is 12.2 Å². The summed E-state index contributed by atoms with van der Waals surface area (Å²) in [4.78, 5) is 24.5. The summed E-state index contributed by atoms with van der Waals surface area (Å²) in [6.07, 6.45) is 0. The van der Waals surface area contributed by atoms with Crippen LogP contribution in [0.2, 0.25) is 0 Å². The number of hydrogen-bond acceptors (Lipinski definition) is 3. The van der Waals surface area contributed by atoms with Gasteiger partial charge in [-0.15, -0.1) is 0 Å². The number of nitrogens with zero attached hydrogens (tertiary/aromatic N) is 1. The van der Waals surface area contributed by atoms with E-state index in [1.54, 1.807) is 14.1 Å². The van der Waals surface area contributed by atoms with Crippen LogP contribution < -0.4 is 11.1 Å². The lowest BCUT2D eigenvalue weighted by atomic mass is 9.95. The van der Waals surface area contributed by atoms with Gasteiger partial charge in [-0.1, -0.05) is 26.1 Å². The molecule has 5 nitrogen and oxygen atoms in total. The number of carbonyl (C=O) groups is 2. The van der Waals surface area contributed by atoms with Gasteiger partial charge in [0.1, 0.15) is 0 Å². The molecular formula is C10H19N3O2S. The zero-order valence-corrected chi connectivity index (χ0v) is 10.9. The van der Waals surface area contributed by atoms with Crippen LogP contribution in [-0.2, 0) is 9.59 Å². The molecule has 0 radical (unpaired) electrons. The van der Waals surface area contributed by atoms with Crippen LogP contribution in [0.5, 0.6) is 0 Å². The summed E-state index contributed by atoms with van der Waals surface area (Å²) in [7, 11) is 3.25. The lowest BCUT2D eigenvalue weighted by Crippen LogP contribution is -2.44. The summed E-state index contributed by atoms with van der Waals surface area (Å²) >= 11 is 4.82. The monoisotopic (exact) mass is 245 g/mol. The van der Waals surface area contributed by atoms with Gasteiger partial charge in [0.15, 0.2) is 0 Å². The Balaban J connectivity index is 4.34. The second-order valence-electron chi connectivity index (χ2n) is 4.13. The van der Waals surface area contributed by atoms with E-state index in [0.29, 0.717) is 0 Å². The lowest BCUT2D eigenvalue weighted by Gasteiger charge is -2.19. The van der Waals surface area contributed by atoms with E-state index in [1.165, 1.54) is 4.90 Å². The molecule has 0 bridgehead atoms. The van der Waals surface area contributed by atoms with Crippen molar-refractivity contribution in [2.75, 3.05) is 20.6 Å². The van der Waals surface area contributed by atoms with Crippen molar-refractivity contribution >= 4 is 29.0 Å². The average molecular weight is 245 g/mol. The molecule has 3 N–H and O–H groups in total. The molecule has 2 amide bonds. The summed E-state index contributed by atoms with van der Waals surface area (Å²) in [5.41, 5.74) is 5.48. The van der Waals surface area contributed by atoms with Gasteiger partial charge in [0.2, 0.25) is 11.8 Å². The van der Waals surface area contributed by atoms with Crippen LogP contribution in [0, 0.1) is 11.8 Å². The van der Waals surface area contributed by atoms with Crippen molar-refractivity contribution in [3.8, 4) is 0 Å². The maximum absolute atomic E-state index is 11.7. The van der Waals surface area contributed by atoms with Gasteiger partial charge in [-0.3, -0.25) is 9.59 Å². The highest BCUT2D eigenvalue weighted by Gasteiger charge is 2.25. The average Bonchev–Trinajstić information content (AvgIpc) is 2.12. The first-order valence-corrected chi connectivity index (χ1v) is 5.45. The Bertz CT molecular complexity index is 290. The number of nitrogens with two attached hydrogens (primary N) is 1. The fourth-order valence-corrected chi connectivity index (χ4v) is 1.57. The summed E-state index contributed by atoms with van der Waals surface area (Å²) in [6.45, 7) is 3.69. The molecule has 92 valence electrons. The van der Waals surface area contributed by atoms with Gasteiger partial charge < -0.3 is 16.0 Å². The minimum Gasteiger partial charge on any atom is -0.393 e. The molecule has 0 aromatic carbocycles. The molecule has 0 aromatic rings. The van der Waals surface area contributed by atoms with Gasteiger partial charge in [-0.2, -0.15) is 0 Å². The molecule has 0 saturated carbocycles. The normalized spacial score (nSPS) is 12.1. The predicted molar refractivity (Wildman–Crippen MR) is 66.8 cm³/mol. The minimum atomic E-state index is -0.523. The van der Waals surface area contributed by atoms with Crippen LogP contribution in [-0.4, -0.2) is 42.3 Å². The van der Waals surface area contributed by atoms with Crippen molar-refractivity contribution in [1.82, 2.24) is 10.2 Å². The molecule has 0 aliphatic rings. The van der Waals surface area contributed by atoms with E-state index < -0.39 is 5.92 Å². The zero-order valence-electron chi connectivity index (χ0n) is 10.1. The summed E-state index contributed by atoms with van der Waals surface area (Å²) < 4.78 is 0. The third-order valence-electron chi connectivity index (χ3n) is 2.17. The molecule has 0 fully saturated rings. The van der Waals surface area contributed by atoms with E-state index >= 15 is 0 Å². The third-order valence-corrected chi connectivity index (χ3v) is 2.42. The van der Waals surface area contributed by atoms with Crippen LogP contribution in [0.25, 0.3) is 0 Å². The molecule has 6 heteroatoms. The third kappa shape index (κ3) is 4.57. The van der Waals surface area contributed by atoms with Gasteiger partial charge in [0.25, 0.3) is 0 Å². The maximum Gasteiger partial charge on any atom is 0.241 e. The second kappa shape index (κ2) is 6.42. The van der Waals surface area contributed by atoms with E-state index in [0.717, 1.165) is 0 Å². The molecule has 1 atom stereocenters. The Morgan fingerprint density at radius 3 is 2.19 bits per heavy atom. The molecule has 0 aliphatic carbocycles. The Hall–Kier alpha value is -1.17. The van der Waals surface area contributed by atoms with Crippen molar-refractivity contribution in [3.63, 3.8) is 0 Å². The van der Waals surface area contributed by atoms with Crippen molar-refractivity contribution in [2.45, 2.75) is 13.8 Å². The van der Waals surface area contributed by atoms with Crippen LogP contribution in [0.3, 0.4) is 0 Å². The minimum absolute atomic E-state index is 0.0203. The Morgan fingerprint density at radius 2 is 1.88 bits per heavy atom. The summed E-state index contributed by atoms with van der Waals surface area (Å²) in [5.74, 6) is -0.964. The van der Waals surface area contributed by atoms with Crippen LogP contribution in [0.15, 0.2) is 0 Å². The van der Waals surface area contributed by atoms with Gasteiger partial charge >= 0.3 is 0 Å². The van der Waals surface area contributed by atoms with Gasteiger partial charge in [0, 0.05) is 14.1 Å². The Morgan fingerprint density at radius 1 is 1.38 bits per heavy atom. The standard InChI is InChI=1S/C10H19N3O2S/c1-6(2)8(9(11)16)10(15)12-5-7(14)13(3)4/h6,8H,5H2,1-4H3,(H2,11,16)(H,12,15). The first-order chi connectivity index (χ1) is 7.27. The highest BCUT2D eigenvalue weighted by molar-refractivity contribution is 7.80. The van der Waals surface area contributed by atoms with E-state index in [2.05, 4.69) is 5.32 Å². The van der Waals surface area contributed by atoms with E-state index in [-0.39, 0.29) is 29.3 Å². The Labute approximate surface area is 101 Å². The molecule has 1 unspecified atom stereocenters. The van der Waals surface area contributed by atoms with Crippen molar-refractivity contribution in [3.05, 3.63) is 0 Å². The number of thiocarbonyl (C=S) groups is 1. The quantitative estimate of drug-likeness (QED) is 0.655. The van der Waals surface area contributed by atoms with Crippen molar-refractivity contribution in [1.29, 1.82) is 0 Å². The van der Waals surface area contributed by atoms with E-state index in [1.807, 2.05) is 13.8 Å². The summed E-state index contributed by atoms with van der Waals surface area (Å²) in [5, 5.41) is 2.53. The maximum atomic E-state index is 11.7. The molecule has 0 aliphatic heterocycles. The van der Waals surface area contributed by atoms with Crippen LogP contribution in [0.4, 0.5) is 0 Å². The number of rotatable bonds is 5. The number of carbonyl (C=O) groups excluding carboxylic acids is 2. The lowest BCUT2D eigenvalue weighted by molar-refractivity contribution is -0.131. The molecule has 0 saturated heterocycles. The van der Waals surface area contributed by atoms with Gasteiger partial charge in [0.05, 0.1) is 17.5 Å². The highest BCUT2D eigenvalue weighted by atomic mass is 32.1. The first kappa shape index (κ1) is 14.8. The molecule has 0 heterocycles. The van der Waals surface area contributed by atoms with Gasteiger partial charge in [-0.05, 0) is 5.92 Å². The second-order valence-corrected chi connectivity index (χ2v) is 4.60. The van der Waals surface area contributed by atoms with Crippen molar-refractivity contribution in [2.24, 2.45) is 17.6 Å². The molecule has 16 heavy (non-hydrogen) atoms. The summed E-state index contributed by atoms with van der Waals surface area (Å²) in [6, 6.07) is 0. The number of hydrogen-bond donors (Lipinski definition) is 2. The molecule has 0 rings (SSSR count). The number of likely N-dealkylation sites (N-methyl/N-ethyl adjacent to an activating group) is 1. The first-order valence-electron chi connectivity index (χ1n) is 5.04. The fraction of sp³-hybridized carbons (Fsp3) is 0.700. The predicted octanol–water partition coefficient (Wildman–Crippen LogP) is -0.251. The number of amides is 2. The van der Waals surface area contributed by atoms with Gasteiger partial charge in [-0.25, -0.2) is 0 Å². The van der Waals surface area contributed by atoms with E-state index in [4.69, 9.17) is 18.0 Å². The van der Waals surface area contributed by atoms with Crippen LogP contribution in [0.1, 0.15) is 13.8 Å². The largest absolute Gasteiger partial charge is 0.393 e. The topological polar surface area (TPSA) is 75.4 Å². The molecular weight excluding hydrogens is 226 g/mol. The molecule has 0 aromatic heterocycles. The fourth-order valence-electron chi connectivity index (χ4n) is 1.19. The number of nitrogens with one attached hydrogen (secondary N) is 1. The Kier molecular flexibility index (Phi) is 5.95. The smallest absolute Gasteiger partial charge is 0.241 e. The van der Waals surface area contributed by atoms with Crippen molar-refractivity contribution < 1.29 is 9.59 Å². The van der Waals surface area contributed by atoms with E-state index in [9.17, 15) is 9.59 Å². The highest BCUT2D eigenvalue weighted by Crippen LogP contribution is 2.11.